The van der Waals surface area contributed by atoms with E-state index in [-0.39, 0.29) is 23.1 Å². The molecule has 5 heteroatoms. The van der Waals surface area contributed by atoms with Crippen molar-refractivity contribution in [1.82, 2.24) is 0 Å². The first kappa shape index (κ1) is 25.7. The Morgan fingerprint density at radius 1 is 1.06 bits per heavy atom. The summed E-state index contributed by atoms with van der Waals surface area (Å²) in [6.07, 6.45) is 8.01. The third-order valence-electron chi connectivity index (χ3n) is 6.08. The molecule has 2 aromatic carbocycles. The van der Waals surface area contributed by atoms with Gasteiger partial charge in [-0.3, -0.25) is 0 Å². The second-order valence-electron chi connectivity index (χ2n) is 8.39. The first-order valence-corrected chi connectivity index (χ1v) is 11.6. The maximum Gasteiger partial charge on any atom is 0.167 e. The molecule has 2 unspecified atom stereocenters. The first-order chi connectivity index (χ1) is 16.4. The minimum atomic E-state index is -0.941. The van der Waals surface area contributed by atoms with Gasteiger partial charge in [0.2, 0.25) is 0 Å². The Balaban J connectivity index is 1.76. The molecule has 1 aliphatic rings. The highest BCUT2D eigenvalue weighted by Gasteiger charge is 2.26. The Bertz CT molecular complexity index is 1090. The number of halogens is 4. The number of hydrogen-bond donors (Lipinski definition) is 0. The summed E-state index contributed by atoms with van der Waals surface area (Å²) in [5.74, 6) is -3.32. The molecule has 0 spiro atoms. The third-order valence-corrected chi connectivity index (χ3v) is 6.08. The average molecular weight is 471 g/mol. The molecule has 0 saturated carbocycles. The molecule has 1 heterocycles. The molecule has 1 nitrogen and oxygen atoms in total. The van der Waals surface area contributed by atoms with Gasteiger partial charge in [0.05, 0.1) is 12.7 Å². The van der Waals surface area contributed by atoms with Crippen LogP contribution in [0.5, 0.6) is 0 Å². The van der Waals surface area contributed by atoms with Crippen molar-refractivity contribution < 1.29 is 22.3 Å². The maximum absolute atomic E-state index is 14.9. The minimum absolute atomic E-state index is 0.111. The lowest BCUT2D eigenvalue weighted by Crippen LogP contribution is -2.20. The summed E-state index contributed by atoms with van der Waals surface area (Å²) < 4.78 is 64.3. The number of hydrogen-bond acceptors (Lipinski definition) is 1. The van der Waals surface area contributed by atoms with Crippen LogP contribution in [0, 0.1) is 17.6 Å². The Morgan fingerprint density at radius 3 is 2.38 bits per heavy atom. The first-order valence-electron chi connectivity index (χ1n) is 11.6. The second kappa shape index (κ2) is 12.0. The van der Waals surface area contributed by atoms with E-state index in [1.807, 2.05) is 13.0 Å². The summed E-state index contributed by atoms with van der Waals surface area (Å²) in [5.41, 5.74) is 1.55. The van der Waals surface area contributed by atoms with E-state index in [1.54, 1.807) is 37.3 Å². The zero-order valence-electron chi connectivity index (χ0n) is 19.6. The van der Waals surface area contributed by atoms with Gasteiger partial charge in [0.1, 0.15) is 5.83 Å². The van der Waals surface area contributed by atoms with Crippen molar-refractivity contribution in [1.29, 1.82) is 0 Å². The Morgan fingerprint density at radius 2 is 1.79 bits per heavy atom. The van der Waals surface area contributed by atoms with Crippen LogP contribution in [0.15, 0.2) is 84.5 Å². The fraction of sp³-hybridized carbons (Fsp3) is 0.310. The smallest absolute Gasteiger partial charge is 0.167 e. The molecular weight excluding hydrogens is 440 g/mol. The normalized spacial score (nSPS) is 19.9. The molecular formula is C29H30F4O. The molecule has 0 aromatic heterocycles. The van der Waals surface area contributed by atoms with Crippen LogP contribution < -0.4 is 0 Å². The molecule has 34 heavy (non-hydrogen) atoms. The molecule has 1 saturated heterocycles. The lowest BCUT2D eigenvalue weighted by atomic mass is 9.92. The van der Waals surface area contributed by atoms with Gasteiger partial charge < -0.3 is 4.74 Å². The number of rotatable bonds is 8. The molecule has 2 atom stereocenters. The molecule has 2 aromatic rings. The quantitative estimate of drug-likeness (QED) is 0.213. The Hall–Kier alpha value is -2.92. The fourth-order valence-electron chi connectivity index (χ4n) is 4.20. The van der Waals surface area contributed by atoms with Gasteiger partial charge in [-0.2, -0.15) is 0 Å². The molecule has 0 aliphatic carbocycles. The van der Waals surface area contributed by atoms with E-state index in [2.05, 4.69) is 12.7 Å². The summed E-state index contributed by atoms with van der Waals surface area (Å²) in [6.45, 7) is 7.67. The van der Waals surface area contributed by atoms with E-state index in [0.29, 0.717) is 36.5 Å². The van der Waals surface area contributed by atoms with Crippen LogP contribution >= 0.6 is 0 Å². The van der Waals surface area contributed by atoms with Crippen LogP contribution in [0.25, 0.3) is 11.1 Å². The Kier molecular flexibility index (Phi) is 9.05. The highest BCUT2D eigenvalue weighted by atomic mass is 19.2. The zero-order chi connectivity index (χ0) is 24.7. The van der Waals surface area contributed by atoms with Crippen LogP contribution in [-0.2, 0) is 11.2 Å². The molecule has 1 fully saturated rings. The number of allylic oxidation sites excluding steroid dienone is 6. The van der Waals surface area contributed by atoms with E-state index in [0.717, 1.165) is 6.42 Å². The van der Waals surface area contributed by atoms with Crippen molar-refractivity contribution in [2.24, 2.45) is 5.92 Å². The SMILES string of the molecule is C=C/C=C(CC)\C(F)=C(\F)Cc1ccc(-c2ccc(C3CCC(/C=C/C)CO3)c(F)c2F)cc1. The highest BCUT2D eigenvalue weighted by Crippen LogP contribution is 2.36. The molecule has 0 radical (unpaired) electrons. The van der Waals surface area contributed by atoms with E-state index in [9.17, 15) is 17.6 Å². The van der Waals surface area contributed by atoms with Crippen LogP contribution in [0.2, 0.25) is 0 Å². The predicted octanol–water partition coefficient (Wildman–Crippen LogP) is 8.89. The van der Waals surface area contributed by atoms with Crippen molar-refractivity contribution in [3.63, 3.8) is 0 Å². The van der Waals surface area contributed by atoms with Crippen molar-refractivity contribution in [2.75, 3.05) is 6.61 Å². The van der Waals surface area contributed by atoms with Crippen molar-refractivity contribution in [2.45, 2.75) is 45.6 Å². The van der Waals surface area contributed by atoms with Crippen molar-refractivity contribution in [3.8, 4) is 11.1 Å². The highest BCUT2D eigenvalue weighted by molar-refractivity contribution is 5.65. The summed E-state index contributed by atoms with van der Waals surface area (Å²) in [6, 6.07) is 9.44. The topological polar surface area (TPSA) is 9.23 Å². The second-order valence-corrected chi connectivity index (χ2v) is 8.39. The van der Waals surface area contributed by atoms with E-state index >= 15 is 0 Å². The largest absolute Gasteiger partial charge is 0.373 e. The zero-order valence-corrected chi connectivity index (χ0v) is 19.6. The monoisotopic (exact) mass is 470 g/mol. The summed E-state index contributed by atoms with van der Waals surface area (Å²) in [4.78, 5) is 0. The molecule has 0 bridgehead atoms. The predicted molar refractivity (Wildman–Crippen MR) is 130 cm³/mol. The standard InChI is InChI=1S/C29H30F4O/c1-4-7-20-11-16-26(34-18-20)24-15-14-23(28(32)29(24)33)22-12-9-19(10-13-22)17-25(30)27(31)21(6-3)8-5-2/h4-5,7-10,12-15,20,26H,2,6,11,16-18H2,1,3H3/b7-4+,21-8-,27-25-. The molecule has 0 N–H and O–H groups in total. The molecule has 180 valence electrons. The minimum Gasteiger partial charge on any atom is -0.373 e. The van der Waals surface area contributed by atoms with Crippen LogP contribution in [0.1, 0.15) is 50.3 Å². The lowest BCUT2D eigenvalue weighted by Gasteiger charge is -2.28. The van der Waals surface area contributed by atoms with Crippen LogP contribution in [-0.4, -0.2) is 6.61 Å². The van der Waals surface area contributed by atoms with Gasteiger partial charge in [0.15, 0.2) is 17.5 Å². The summed E-state index contributed by atoms with van der Waals surface area (Å²) in [7, 11) is 0. The van der Waals surface area contributed by atoms with Gasteiger partial charge in [-0.1, -0.05) is 74.2 Å². The van der Waals surface area contributed by atoms with Gasteiger partial charge in [0.25, 0.3) is 0 Å². The average Bonchev–Trinajstić information content (AvgIpc) is 2.85. The van der Waals surface area contributed by atoms with Crippen molar-refractivity contribution in [3.05, 3.63) is 107 Å². The summed E-state index contributed by atoms with van der Waals surface area (Å²) in [5, 5.41) is 0. The van der Waals surface area contributed by atoms with Crippen LogP contribution in [0.4, 0.5) is 17.6 Å². The molecule has 3 rings (SSSR count). The number of ether oxygens (including phenoxy) is 1. The maximum atomic E-state index is 14.9. The number of benzene rings is 2. The summed E-state index contributed by atoms with van der Waals surface area (Å²) >= 11 is 0. The van der Waals surface area contributed by atoms with Gasteiger partial charge in [-0.25, -0.2) is 17.6 Å². The Labute approximate surface area is 199 Å². The van der Waals surface area contributed by atoms with Gasteiger partial charge in [0, 0.05) is 23.5 Å². The third kappa shape index (κ3) is 5.95. The van der Waals surface area contributed by atoms with Crippen molar-refractivity contribution >= 4 is 0 Å². The van der Waals surface area contributed by atoms with E-state index < -0.39 is 29.4 Å². The van der Waals surface area contributed by atoms with E-state index in [1.165, 1.54) is 18.2 Å². The molecule has 1 aliphatic heterocycles. The lowest BCUT2D eigenvalue weighted by molar-refractivity contribution is -0.00743. The molecule has 0 amide bonds. The van der Waals surface area contributed by atoms with E-state index in [4.69, 9.17) is 4.74 Å². The van der Waals surface area contributed by atoms with Gasteiger partial charge in [-0.05, 0) is 42.9 Å². The van der Waals surface area contributed by atoms with Gasteiger partial charge in [-0.15, -0.1) is 0 Å². The van der Waals surface area contributed by atoms with Gasteiger partial charge >= 0.3 is 0 Å². The fourth-order valence-corrected chi connectivity index (χ4v) is 4.20. The van der Waals surface area contributed by atoms with Crippen LogP contribution in [0.3, 0.4) is 0 Å².